The molecule has 0 heterocycles. The van der Waals surface area contributed by atoms with Crippen LogP contribution in [0.3, 0.4) is 0 Å². The molecule has 1 aromatic rings. The predicted molar refractivity (Wildman–Crippen MR) is 68.8 cm³/mol. The van der Waals surface area contributed by atoms with Crippen molar-refractivity contribution < 1.29 is 9.18 Å². The number of allylic oxidation sites excluding steroid dienone is 2. The Morgan fingerprint density at radius 2 is 2.00 bits per heavy atom. The molecule has 0 amide bonds. The number of hydrogen-bond acceptors (Lipinski definition) is 1. The molecule has 0 saturated carbocycles. The number of benzene rings is 1. The van der Waals surface area contributed by atoms with Crippen molar-refractivity contribution in [2.75, 3.05) is 0 Å². The van der Waals surface area contributed by atoms with Gasteiger partial charge in [-0.2, -0.15) is 0 Å². The Labute approximate surface area is 106 Å². The van der Waals surface area contributed by atoms with E-state index >= 15 is 0 Å². The zero-order chi connectivity index (χ0) is 12.8. The van der Waals surface area contributed by atoms with E-state index in [2.05, 4.69) is 0 Å². The van der Waals surface area contributed by atoms with Crippen LogP contribution in [0.25, 0.3) is 0 Å². The standard InChI is InChI=1S/C14H16ClFO/c1-3-10(4-2)7-12(17)8-11-5-6-14(16)13(15)9-11/h5-7,9H,3-4,8H2,1-2H3. The van der Waals surface area contributed by atoms with Crippen molar-refractivity contribution in [3.8, 4) is 0 Å². The number of ketones is 1. The van der Waals surface area contributed by atoms with E-state index in [0.29, 0.717) is 0 Å². The molecule has 0 fully saturated rings. The van der Waals surface area contributed by atoms with E-state index in [9.17, 15) is 9.18 Å². The molecule has 0 saturated heterocycles. The number of halogens is 2. The SMILES string of the molecule is CCC(=CC(=O)Cc1ccc(F)c(Cl)c1)CC. The van der Waals surface area contributed by atoms with Crippen LogP contribution in [-0.4, -0.2) is 5.78 Å². The zero-order valence-corrected chi connectivity index (χ0v) is 10.9. The van der Waals surface area contributed by atoms with Crippen molar-refractivity contribution in [1.29, 1.82) is 0 Å². The lowest BCUT2D eigenvalue weighted by atomic mass is 10.0. The minimum absolute atomic E-state index is 0.0337. The highest BCUT2D eigenvalue weighted by Gasteiger charge is 2.05. The summed E-state index contributed by atoms with van der Waals surface area (Å²) in [6, 6.07) is 4.37. The number of rotatable bonds is 5. The third kappa shape index (κ3) is 4.31. The number of hydrogen-bond donors (Lipinski definition) is 0. The molecular weight excluding hydrogens is 239 g/mol. The predicted octanol–water partition coefficient (Wildman–Crippen LogP) is 4.34. The maximum atomic E-state index is 12.9. The molecule has 1 nitrogen and oxygen atoms in total. The van der Waals surface area contributed by atoms with Crippen molar-refractivity contribution in [2.24, 2.45) is 0 Å². The summed E-state index contributed by atoms with van der Waals surface area (Å²) in [4.78, 5) is 11.7. The molecule has 0 aliphatic heterocycles. The second-order valence-electron chi connectivity index (χ2n) is 3.90. The normalized spacial score (nSPS) is 10.1. The van der Waals surface area contributed by atoms with E-state index in [0.717, 1.165) is 24.0 Å². The van der Waals surface area contributed by atoms with Gasteiger partial charge in [0.25, 0.3) is 0 Å². The summed E-state index contributed by atoms with van der Waals surface area (Å²) in [6.45, 7) is 4.05. The van der Waals surface area contributed by atoms with Gasteiger partial charge >= 0.3 is 0 Å². The van der Waals surface area contributed by atoms with Crippen molar-refractivity contribution in [3.05, 3.63) is 46.3 Å². The third-order valence-corrected chi connectivity index (χ3v) is 2.93. The van der Waals surface area contributed by atoms with E-state index in [4.69, 9.17) is 11.6 Å². The van der Waals surface area contributed by atoms with Crippen LogP contribution in [0.2, 0.25) is 5.02 Å². The number of carbonyl (C=O) groups excluding carboxylic acids is 1. The minimum Gasteiger partial charge on any atom is -0.294 e. The zero-order valence-electron chi connectivity index (χ0n) is 10.1. The van der Waals surface area contributed by atoms with Crippen molar-refractivity contribution >= 4 is 17.4 Å². The first-order valence-corrected chi connectivity index (χ1v) is 6.10. The van der Waals surface area contributed by atoms with E-state index in [-0.39, 0.29) is 17.2 Å². The quantitative estimate of drug-likeness (QED) is 0.715. The van der Waals surface area contributed by atoms with E-state index in [1.165, 1.54) is 12.1 Å². The van der Waals surface area contributed by atoms with Gasteiger partial charge in [-0.15, -0.1) is 0 Å². The van der Waals surface area contributed by atoms with Crippen LogP contribution in [-0.2, 0) is 11.2 Å². The molecule has 0 bridgehead atoms. The summed E-state index contributed by atoms with van der Waals surface area (Å²) < 4.78 is 12.9. The second kappa shape index (κ2) is 6.55. The van der Waals surface area contributed by atoms with Gasteiger partial charge in [0, 0.05) is 6.42 Å². The Balaban J connectivity index is 2.74. The van der Waals surface area contributed by atoms with Gasteiger partial charge in [-0.05, 0) is 36.6 Å². The van der Waals surface area contributed by atoms with Gasteiger partial charge in [-0.1, -0.05) is 37.1 Å². The average Bonchev–Trinajstić information content (AvgIpc) is 2.31. The monoisotopic (exact) mass is 254 g/mol. The molecule has 0 N–H and O–H groups in total. The fourth-order valence-electron chi connectivity index (χ4n) is 1.58. The lowest BCUT2D eigenvalue weighted by Gasteiger charge is -2.02. The molecular formula is C14H16ClFO. The Hall–Kier alpha value is -1.15. The molecule has 0 spiro atoms. The lowest BCUT2D eigenvalue weighted by molar-refractivity contribution is -0.114. The van der Waals surface area contributed by atoms with Crippen molar-refractivity contribution in [2.45, 2.75) is 33.1 Å². The van der Waals surface area contributed by atoms with Crippen LogP contribution < -0.4 is 0 Å². The first-order chi connectivity index (χ1) is 8.06. The van der Waals surface area contributed by atoms with Gasteiger partial charge in [0.15, 0.2) is 5.78 Å². The Kier molecular flexibility index (Phi) is 5.36. The second-order valence-corrected chi connectivity index (χ2v) is 4.31. The maximum Gasteiger partial charge on any atom is 0.160 e. The summed E-state index contributed by atoms with van der Waals surface area (Å²) in [6.07, 6.45) is 3.71. The molecule has 0 atom stereocenters. The van der Waals surface area contributed by atoms with Crippen LogP contribution in [0.5, 0.6) is 0 Å². The van der Waals surface area contributed by atoms with E-state index in [1.54, 1.807) is 12.1 Å². The molecule has 92 valence electrons. The topological polar surface area (TPSA) is 17.1 Å². The molecule has 1 aromatic carbocycles. The largest absolute Gasteiger partial charge is 0.294 e. The summed E-state index contributed by atoms with van der Waals surface area (Å²) in [5.74, 6) is -0.424. The highest BCUT2D eigenvalue weighted by atomic mass is 35.5. The van der Waals surface area contributed by atoms with Gasteiger partial charge < -0.3 is 0 Å². The average molecular weight is 255 g/mol. The van der Waals surface area contributed by atoms with Crippen LogP contribution in [0.15, 0.2) is 29.8 Å². The van der Waals surface area contributed by atoms with Crippen molar-refractivity contribution in [1.82, 2.24) is 0 Å². The number of carbonyl (C=O) groups is 1. The van der Waals surface area contributed by atoms with Gasteiger partial charge in [0.1, 0.15) is 5.82 Å². The van der Waals surface area contributed by atoms with Gasteiger partial charge in [0.2, 0.25) is 0 Å². The Morgan fingerprint density at radius 3 is 2.53 bits per heavy atom. The van der Waals surface area contributed by atoms with Gasteiger partial charge in [0.05, 0.1) is 5.02 Å². The van der Waals surface area contributed by atoms with E-state index < -0.39 is 5.82 Å². The maximum absolute atomic E-state index is 12.9. The van der Waals surface area contributed by atoms with Gasteiger partial charge in [-0.3, -0.25) is 4.79 Å². The molecule has 0 aromatic heterocycles. The fourth-order valence-corrected chi connectivity index (χ4v) is 1.79. The Bertz CT molecular complexity index is 432. The van der Waals surface area contributed by atoms with Crippen LogP contribution in [0, 0.1) is 5.82 Å². The first-order valence-electron chi connectivity index (χ1n) is 5.73. The first kappa shape index (κ1) is 13.9. The van der Waals surface area contributed by atoms with Gasteiger partial charge in [-0.25, -0.2) is 4.39 Å². The van der Waals surface area contributed by atoms with Crippen LogP contribution in [0.4, 0.5) is 4.39 Å². The lowest BCUT2D eigenvalue weighted by Crippen LogP contribution is -2.00. The van der Waals surface area contributed by atoms with E-state index in [1.807, 2.05) is 13.8 Å². The molecule has 0 radical (unpaired) electrons. The Morgan fingerprint density at radius 1 is 1.35 bits per heavy atom. The molecule has 0 aliphatic rings. The minimum atomic E-state index is -0.457. The molecule has 3 heteroatoms. The highest BCUT2D eigenvalue weighted by Crippen LogP contribution is 2.17. The third-order valence-electron chi connectivity index (χ3n) is 2.64. The molecule has 1 rings (SSSR count). The summed E-state index contributed by atoms with van der Waals surface area (Å²) in [5.41, 5.74) is 1.87. The highest BCUT2D eigenvalue weighted by molar-refractivity contribution is 6.30. The molecule has 17 heavy (non-hydrogen) atoms. The van der Waals surface area contributed by atoms with Crippen LogP contribution in [0.1, 0.15) is 32.3 Å². The summed E-state index contributed by atoms with van der Waals surface area (Å²) in [5, 5.41) is 0.0606. The smallest absolute Gasteiger partial charge is 0.160 e. The molecule has 0 aliphatic carbocycles. The van der Waals surface area contributed by atoms with Crippen LogP contribution >= 0.6 is 11.6 Å². The summed E-state index contributed by atoms with van der Waals surface area (Å²) in [7, 11) is 0. The van der Waals surface area contributed by atoms with Crippen molar-refractivity contribution in [3.63, 3.8) is 0 Å². The fraction of sp³-hybridized carbons (Fsp3) is 0.357. The molecule has 0 unspecified atom stereocenters. The summed E-state index contributed by atoms with van der Waals surface area (Å²) >= 11 is 5.66.